The molecule has 0 radical (unpaired) electrons. The van der Waals surface area contributed by atoms with Crippen LogP contribution in [0.25, 0.3) is 0 Å². The van der Waals surface area contributed by atoms with Crippen LogP contribution in [-0.4, -0.2) is 56.5 Å². The van der Waals surface area contributed by atoms with Crippen LogP contribution in [0.2, 0.25) is 0 Å². The van der Waals surface area contributed by atoms with E-state index in [1.165, 1.54) is 0 Å². The largest absolute Gasteiger partial charge is 0.479 e. The first kappa shape index (κ1) is 12.8. The van der Waals surface area contributed by atoms with Gasteiger partial charge < -0.3 is 25.2 Å². The summed E-state index contributed by atoms with van der Waals surface area (Å²) >= 11 is 0. The zero-order valence-electron chi connectivity index (χ0n) is 6.98. The van der Waals surface area contributed by atoms with Gasteiger partial charge in [-0.05, 0) is 0 Å². The predicted octanol–water partition coefficient (Wildman–Crippen LogP) is -2.49. The van der Waals surface area contributed by atoms with Gasteiger partial charge in [0, 0.05) is 0 Å². The van der Waals surface area contributed by atoms with E-state index in [0.717, 1.165) is 0 Å². The van der Waals surface area contributed by atoms with Gasteiger partial charge in [-0.2, -0.15) is 0 Å². The molecule has 0 aliphatic carbocycles. The summed E-state index contributed by atoms with van der Waals surface area (Å²) in [4.78, 5) is 40.8. The molecule has 0 saturated heterocycles. The second-order valence-corrected chi connectivity index (χ2v) is 2.25. The fourth-order valence-corrected chi connectivity index (χ4v) is 0.545. The first-order valence-electron chi connectivity index (χ1n) is 3.35. The standard InChI is InChI=1S/C6H6O9/c7-1(3(8)9)2(4(10)11)15-6(14)5(12)13/h1-2,7H,(H,8,9)(H,10,11)(H,12,13)/t1-,2-/m1/s1. The van der Waals surface area contributed by atoms with Gasteiger partial charge in [-0.3, -0.25) is 0 Å². The maximum atomic E-state index is 10.4. The van der Waals surface area contributed by atoms with Gasteiger partial charge in [0.25, 0.3) is 0 Å². The molecule has 0 unspecified atom stereocenters. The highest BCUT2D eigenvalue weighted by atomic mass is 16.6. The monoisotopic (exact) mass is 222 g/mol. The van der Waals surface area contributed by atoms with Crippen LogP contribution >= 0.6 is 0 Å². The van der Waals surface area contributed by atoms with E-state index in [0.29, 0.717) is 0 Å². The molecule has 0 saturated carbocycles. The van der Waals surface area contributed by atoms with E-state index in [1.54, 1.807) is 0 Å². The van der Waals surface area contributed by atoms with E-state index in [4.69, 9.17) is 20.4 Å². The number of aliphatic hydroxyl groups excluding tert-OH is 1. The topological polar surface area (TPSA) is 158 Å². The Labute approximate surface area is 81.5 Å². The number of rotatable bonds is 4. The van der Waals surface area contributed by atoms with Crippen LogP contribution in [0.3, 0.4) is 0 Å². The maximum absolute atomic E-state index is 10.4. The highest BCUT2D eigenvalue weighted by molar-refractivity contribution is 6.29. The molecule has 0 fully saturated rings. The van der Waals surface area contributed by atoms with Gasteiger partial charge in [0.05, 0.1) is 0 Å². The fraction of sp³-hybridized carbons (Fsp3) is 0.333. The molecule has 0 heterocycles. The number of hydrogen-bond acceptors (Lipinski definition) is 6. The van der Waals surface area contributed by atoms with Gasteiger partial charge in [0.1, 0.15) is 0 Å². The molecule has 15 heavy (non-hydrogen) atoms. The lowest BCUT2D eigenvalue weighted by atomic mass is 10.2. The van der Waals surface area contributed by atoms with Gasteiger partial charge in [-0.1, -0.05) is 0 Å². The van der Waals surface area contributed by atoms with Gasteiger partial charge in [0.2, 0.25) is 6.10 Å². The summed E-state index contributed by atoms with van der Waals surface area (Å²) in [6, 6.07) is 0. The second kappa shape index (κ2) is 4.91. The highest BCUT2D eigenvalue weighted by Crippen LogP contribution is 2.01. The van der Waals surface area contributed by atoms with Crippen molar-refractivity contribution in [2.75, 3.05) is 0 Å². The molecule has 0 aromatic heterocycles. The average Bonchev–Trinajstić information content (AvgIpc) is 2.11. The summed E-state index contributed by atoms with van der Waals surface area (Å²) in [7, 11) is 0. The van der Waals surface area contributed by atoms with Crippen molar-refractivity contribution >= 4 is 23.9 Å². The Hall–Kier alpha value is -2.16. The zero-order valence-corrected chi connectivity index (χ0v) is 6.98. The van der Waals surface area contributed by atoms with Gasteiger partial charge in [-0.15, -0.1) is 0 Å². The molecule has 2 atom stereocenters. The van der Waals surface area contributed by atoms with Crippen LogP contribution in [0.15, 0.2) is 0 Å². The minimum absolute atomic E-state index is 1.96. The Morgan fingerprint density at radius 1 is 0.933 bits per heavy atom. The summed E-state index contributed by atoms with van der Waals surface area (Å²) in [6.45, 7) is 0. The third-order valence-corrected chi connectivity index (χ3v) is 1.19. The first-order chi connectivity index (χ1) is 6.77. The van der Waals surface area contributed by atoms with E-state index in [-0.39, 0.29) is 0 Å². The first-order valence-corrected chi connectivity index (χ1v) is 3.35. The molecule has 84 valence electrons. The van der Waals surface area contributed by atoms with Crippen LogP contribution < -0.4 is 0 Å². The lowest BCUT2D eigenvalue weighted by molar-refractivity contribution is -0.183. The number of hydrogen-bond donors (Lipinski definition) is 4. The van der Waals surface area contributed by atoms with Crippen LogP contribution in [0, 0.1) is 0 Å². The average molecular weight is 222 g/mol. The predicted molar refractivity (Wildman–Crippen MR) is 38.8 cm³/mol. The molecule has 0 aliphatic heterocycles. The number of ether oxygens (including phenoxy) is 1. The number of carboxylic acids is 3. The Balaban J connectivity index is 4.70. The minimum atomic E-state index is -2.54. The van der Waals surface area contributed by atoms with E-state index in [9.17, 15) is 19.2 Å². The van der Waals surface area contributed by atoms with Gasteiger partial charge in [-0.25, -0.2) is 19.2 Å². The van der Waals surface area contributed by atoms with Crippen molar-refractivity contribution in [1.29, 1.82) is 0 Å². The van der Waals surface area contributed by atoms with Crippen molar-refractivity contribution in [1.82, 2.24) is 0 Å². The third kappa shape index (κ3) is 3.60. The highest BCUT2D eigenvalue weighted by Gasteiger charge is 2.37. The third-order valence-electron chi connectivity index (χ3n) is 1.19. The van der Waals surface area contributed by atoms with Crippen LogP contribution in [0.4, 0.5) is 0 Å². The number of aliphatic carboxylic acids is 3. The Morgan fingerprint density at radius 2 is 1.40 bits per heavy atom. The summed E-state index contributed by atoms with van der Waals surface area (Å²) < 4.78 is 3.73. The molecule has 0 rings (SSSR count). The Bertz CT molecular complexity index is 306. The molecule has 9 heteroatoms. The van der Waals surface area contributed by atoms with E-state index in [1.807, 2.05) is 0 Å². The van der Waals surface area contributed by atoms with E-state index in [2.05, 4.69) is 4.74 Å². The van der Waals surface area contributed by atoms with Crippen LogP contribution in [0.5, 0.6) is 0 Å². The van der Waals surface area contributed by atoms with E-state index < -0.39 is 36.1 Å². The molecule has 0 bridgehead atoms. The fourth-order valence-electron chi connectivity index (χ4n) is 0.545. The summed E-state index contributed by atoms with van der Waals surface area (Å²) in [6.07, 6.45) is -5.00. The summed E-state index contributed by atoms with van der Waals surface area (Å²) in [5.41, 5.74) is 0. The lowest BCUT2D eigenvalue weighted by Gasteiger charge is -2.14. The molecule has 0 aromatic rings. The summed E-state index contributed by atoms with van der Waals surface area (Å²) in [5, 5.41) is 33.3. The van der Waals surface area contributed by atoms with Crippen molar-refractivity contribution in [3.8, 4) is 0 Å². The molecule has 0 amide bonds. The number of carbonyl (C=O) groups excluding carboxylic acids is 1. The van der Waals surface area contributed by atoms with Crippen molar-refractivity contribution in [3.05, 3.63) is 0 Å². The normalized spacial score (nSPS) is 13.7. The molecule has 4 N–H and O–H groups in total. The second-order valence-electron chi connectivity index (χ2n) is 2.25. The molecular weight excluding hydrogens is 216 g/mol. The smallest absolute Gasteiger partial charge is 0.418 e. The van der Waals surface area contributed by atoms with Crippen molar-refractivity contribution in [3.63, 3.8) is 0 Å². The van der Waals surface area contributed by atoms with Crippen molar-refractivity contribution in [2.24, 2.45) is 0 Å². The molecule has 0 aromatic carbocycles. The maximum Gasteiger partial charge on any atom is 0.418 e. The number of aliphatic hydroxyl groups is 1. The lowest BCUT2D eigenvalue weighted by Crippen LogP contribution is -2.44. The number of carbonyl (C=O) groups is 4. The Morgan fingerprint density at radius 3 is 1.67 bits per heavy atom. The van der Waals surface area contributed by atoms with Crippen molar-refractivity contribution < 1.29 is 44.3 Å². The van der Waals surface area contributed by atoms with Gasteiger partial charge in [0.15, 0.2) is 6.10 Å². The van der Waals surface area contributed by atoms with Gasteiger partial charge >= 0.3 is 23.9 Å². The van der Waals surface area contributed by atoms with Crippen LogP contribution in [-0.2, 0) is 23.9 Å². The van der Waals surface area contributed by atoms with E-state index >= 15 is 0 Å². The quantitative estimate of drug-likeness (QED) is 0.298. The number of esters is 1. The SMILES string of the molecule is O=C(O)C(=O)O[C@@H](C(=O)O)[C@@H](O)C(=O)O. The minimum Gasteiger partial charge on any atom is -0.479 e. The Kier molecular flexibility index (Phi) is 4.20. The summed E-state index contributed by atoms with van der Waals surface area (Å²) in [5.74, 6) is -8.00. The van der Waals surface area contributed by atoms with Crippen molar-refractivity contribution in [2.45, 2.75) is 12.2 Å². The molecular formula is C6H6O9. The molecule has 0 aliphatic rings. The van der Waals surface area contributed by atoms with Crippen LogP contribution in [0.1, 0.15) is 0 Å². The number of carboxylic acid groups (broad SMARTS) is 3. The zero-order chi connectivity index (χ0) is 12.2. The molecule has 0 spiro atoms. The molecule has 9 nitrogen and oxygen atoms in total.